The Kier molecular flexibility index (Phi) is 6.11. The molecule has 0 bridgehead atoms. The third-order valence-corrected chi connectivity index (χ3v) is 9.57. The van der Waals surface area contributed by atoms with Gasteiger partial charge in [-0.3, -0.25) is 4.57 Å². The summed E-state index contributed by atoms with van der Waals surface area (Å²) in [5.74, 6) is 1.62. The lowest BCUT2D eigenvalue weighted by molar-refractivity contribution is 1.07. The molecular weight excluding hydrogens is 599 g/mol. The quantitative estimate of drug-likeness (QED) is 0.190. The van der Waals surface area contributed by atoms with Crippen molar-refractivity contribution in [1.82, 2.24) is 23.9 Å². The van der Waals surface area contributed by atoms with Crippen molar-refractivity contribution in [3.8, 4) is 39.8 Å². The highest BCUT2D eigenvalue weighted by Crippen LogP contribution is 2.37. The third-order valence-electron chi connectivity index (χ3n) is 9.57. The van der Waals surface area contributed by atoms with Gasteiger partial charge >= 0.3 is 0 Å². The van der Waals surface area contributed by atoms with Gasteiger partial charge in [-0.25, -0.2) is 0 Å². The number of rotatable bonds is 5. The van der Waals surface area contributed by atoms with E-state index in [9.17, 15) is 0 Å². The van der Waals surface area contributed by atoms with Crippen molar-refractivity contribution in [3.05, 3.63) is 176 Å². The second-order valence-corrected chi connectivity index (χ2v) is 12.4. The van der Waals surface area contributed by atoms with Gasteiger partial charge in [-0.1, -0.05) is 97.1 Å². The first-order valence-corrected chi connectivity index (χ1v) is 16.5. The zero-order valence-electron chi connectivity index (χ0n) is 26.5. The minimum atomic E-state index is 0.808. The predicted molar refractivity (Wildman–Crippen MR) is 201 cm³/mol. The molecule has 230 valence electrons. The van der Waals surface area contributed by atoms with Crippen LogP contribution < -0.4 is 0 Å². The molecule has 0 unspecified atom stereocenters. The molecule has 10 aromatic rings. The van der Waals surface area contributed by atoms with Gasteiger partial charge in [0.2, 0.25) is 0 Å². The van der Waals surface area contributed by atoms with Crippen LogP contribution in [0.3, 0.4) is 0 Å². The molecular formula is C44H29N5. The lowest BCUT2D eigenvalue weighted by Crippen LogP contribution is -2.01. The maximum absolute atomic E-state index is 4.67. The number of hydrogen-bond acceptors (Lipinski definition) is 2. The van der Waals surface area contributed by atoms with Gasteiger partial charge in [0, 0.05) is 50.5 Å². The van der Waals surface area contributed by atoms with E-state index in [1.54, 1.807) is 0 Å². The van der Waals surface area contributed by atoms with Crippen LogP contribution in [0.4, 0.5) is 0 Å². The van der Waals surface area contributed by atoms with E-state index in [4.69, 9.17) is 0 Å². The Bertz CT molecular complexity index is 2730. The molecule has 0 spiro atoms. The molecule has 10 rings (SSSR count). The minimum Gasteiger partial charge on any atom is -0.317 e. The van der Waals surface area contributed by atoms with Crippen molar-refractivity contribution in [2.75, 3.05) is 0 Å². The summed E-state index contributed by atoms with van der Waals surface area (Å²) in [7, 11) is 0. The van der Waals surface area contributed by atoms with Crippen molar-refractivity contribution in [2.24, 2.45) is 0 Å². The highest BCUT2D eigenvalue weighted by Gasteiger charge is 2.19. The maximum Gasteiger partial charge on any atom is 0.168 e. The Morgan fingerprint density at radius 2 is 0.898 bits per heavy atom. The van der Waals surface area contributed by atoms with Crippen LogP contribution in [-0.4, -0.2) is 23.9 Å². The number of benzene rings is 7. The van der Waals surface area contributed by atoms with Crippen molar-refractivity contribution < 1.29 is 0 Å². The van der Waals surface area contributed by atoms with Gasteiger partial charge in [-0.15, -0.1) is 10.2 Å². The first-order chi connectivity index (χ1) is 24.3. The average Bonchev–Trinajstić information content (AvgIpc) is 3.88. The van der Waals surface area contributed by atoms with E-state index in [1.165, 1.54) is 43.5 Å². The number of hydrogen-bond donors (Lipinski definition) is 0. The highest BCUT2D eigenvalue weighted by molar-refractivity contribution is 6.15. The van der Waals surface area contributed by atoms with Gasteiger partial charge in [0.1, 0.15) is 0 Å². The minimum absolute atomic E-state index is 0.808. The molecule has 0 saturated heterocycles. The number of para-hydroxylation sites is 2. The lowest BCUT2D eigenvalue weighted by Gasteiger charge is -2.13. The van der Waals surface area contributed by atoms with Gasteiger partial charge in [0.25, 0.3) is 0 Å². The molecule has 5 nitrogen and oxygen atoms in total. The summed E-state index contributed by atoms with van der Waals surface area (Å²) in [4.78, 5) is 0. The van der Waals surface area contributed by atoms with Crippen LogP contribution in [0.15, 0.2) is 176 Å². The first-order valence-electron chi connectivity index (χ1n) is 16.5. The number of fused-ring (bicyclic) bond motifs is 5. The summed E-state index contributed by atoms with van der Waals surface area (Å²) in [5.41, 5.74) is 8.84. The average molecular weight is 628 g/mol. The molecule has 0 aliphatic carbocycles. The van der Waals surface area contributed by atoms with Crippen LogP contribution in [0.2, 0.25) is 0 Å². The lowest BCUT2D eigenvalue weighted by atomic mass is 10.0. The molecule has 0 amide bonds. The van der Waals surface area contributed by atoms with Crippen LogP contribution in [0.1, 0.15) is 0 Å². The van der Waals surface area contributed by atoms with Crippen molar-refractivity contribution >= 4 is 43.5 Å². The van der Waals surface area contributed by atoms with Crippen LogP contribution >= 0.6 is 0 Å². The van der Waals surface area contributed by atoms with Crippen molar-refractivity contribution in [3.63, 3.8) is 0 Å². The van der Waals surface area contributed by atoms with E-state index in [0.717, 1.165) is 39.8 Å². The van der Waals surface area contributed by atoms with E-state index in [0.29, 0.717) is 0 Å². The van der Waals surface area contributed by atoms with Crippen LogP contribution in [-0.2, 0) is 0 Å². The monoisotopic (exact) mass is 627 g/mol. The molecule has 0 atom stereocenters. The predicted octanol–water partition coefficient (Wildman–Crippen LogP) is 10.8. The Balaban J connectivity index is 1.15. The fourth-order valence-electron chi connectivity index (χ4n) is 7.27. The van der Waals surface area contributed by atoms with Gasteiger partial charge < -0.3 is 9.13 Å². The van der Waals surface area contributed by atoms with Gasteiger partial charge in [-0.2, -0.15) is 0 Å². The Labute approximate surface area is 282 Å². The molecule has 0 N–H and O–H groups in total. The zero-order chi connectivity index (χ0) is 32.3. The maximum atomic E-state index is 4.67. The fraction of sp³-hybridized carbons (Fsp3) is 0. The smallest absolute Gasteiger partial charge is 0.168 e. The summed E-state index contributed by atoms with van der Waals surface area (Å²) in [6.45, 7) is 0. The Morgan fingerprint density at radius 1 is 0.347 bits per heavy atom. The SMILES string of the molecule is c1ccc(-c2nnc(-c3ccccc3)n2-c2ccc(-n3c4ccccc4c4cc5cc6ccn(-c7ccccc7)c6cc5cc43)cc2)cc1. The fourth-order valence-corrected chi connectivity index (χ4v) is 7.27. The second-order valence-electron chi connectivity index (χ2n) is 12.4. The highest BCUT2D eigenvalue weighted by atomic mass is 15.3. The second kappa shape index (κ2) is 10.9. The van der Waals surface area contributed by atoms with Crippen LogP contribution in [0.5, 0.6) is 0 Å². The number of aromatic nitrogens is 5. The molecule has 7 aromatic carbocycles. The van der Waals surface area contributed by atoms with Crippen molar-refractivity contribution in [2.45, 2.75) is 0 Å². The molecule has 0 saturated carbocycles. The molecule has 49 heavy (non-hydrogen) atoms. The normalized spacial score (nSPS) is 11.7. The molecule has 3 aromatic heterocycles. The molecule has 0 aliphatic heterocycles. The van der Waals surface area contributed by atoms with Gasteiger partial charge in [-0.05, 0) is 83.6 Å². The summed E-state index contributed by atoms with van der Waals surface area (Å²) >= 11 is 0. The molecule has 0 fully saturated rings. The van der Waals surface area contributed by atoms with Crippen LogP contribution in [0, 0.1) is 0 Å². The standard InChI is InChI=1S/C44H29N5/c1-4-12-30(13-5-1)43-45-46-44(31-14-6-2-7-15-31)49(43)37-22-20-36(21-23-37)48-40-19-11-10-18-38(40)39-27-33-26-32-24-25-47(35-16-8-3-9-17-35)41(32)28-34(33)29-42(39)48/h1-29H. The molecule has 0 aliphatic rings. The Hall–Kier alpha value is -6.72. The summed E-state index contributed by atoms with van der Waals surface area (Å²) in [6, 6.07) is 60.1. The first kappa shape index (κ1) is 27.4. The summed E-state index contributed by atoms with van der Waals surface area (Å²) < 4.78 is 6.81. The summed E-state index contributed by atoms with van der Waals surface area (Å²) in [6.07, 6.45) is 2.16. The van der Waals surface area contributed by atoms with Gasteiger partial charge in [0.15, 0.2) is 11.6 Å². The largest absolute Gasteiger partial charge is 0.317 e. The van der Waals surface area contributed by atoms with E-state index in [1.807, 2.05) is 36.4 Å². The molecule has 5 heteroatoms. The number of nitrogens with zero attached hydrogens (tertiary/aromatic N) is 5. The molecule has 0 radical (unpaired) electrons. The molecule has 3 heterocycles. The van der Waals surface area contributed by atoms with Crippen LogP contribution in [0.25, 0.3) is 83.3 Å². The topological polar surface area (TPSA) is 40.6 Å². The van der Waals surface area contributed by atoms with E-state index >= 15 is 0 Å². The Morgan fingerprint density at radius 3 is 1.57 bits per heavy atom. The zero-order valence-corrected chi connectivity index (χ0v) is 26.5. The van der Waals surface area contributed by atoms with Crippen molar-refractivity contribution in [1.29, 1.82) is 0 Å². The summed E-state index contributed by atoms with van der Waals surface area (Å²) in [5, 5.41) is 15.5. The third kappa shape index (κ3) is 4.40. The van der Waals surface area contributed by atoms with E-state index < -0.39 is 0 Å². The van der Waals surface area contributed by atoms with E-state index in [-0.39, 0.29) is 0 Å². The van der Waals surface area contributed by atoms with E-state index in [2.05, 4.69) is 164 Å². The van der Waals surface area contributed by atoms with Gasteiger partial charge in [0.05, 0.1) is 16.6 Å².